The van der Waals surface area contributed by atoms with Crippen molar-refractivity contribution in [3.63, 3.8) is 0 Å². The Balaban J connectivity index is 0.00000169. The monoisotopic (exact) mass is 239 g/mol. The zero-order valence-corrected chi connectivity index (χ0v) is 8.98. The maximum Gasteiger partial charge on any atom is 0.120 e. The third kappa shape index (κ3) is 3.33. The van der Waals surface area contributed by atoms with E-state index in [1.807, 2.05) is 0 Å². The van der Waals surface area contributed by atoms with Gasteiger partial charge in [-0.25, -0.2) is 0 Å². The highest BCUT2D eigenvalue weighted by Gasteiger charge is 2.10. The Morgan fingerprint density at radius 1 is 1.50 bits per heavy atom. The van der Waals surface area contributed by atoms with Gasteiger partial charge < -0.3 is 10.8 Å². The molecule has 2 nitrogen and oxygen atoms in total. The number of rotatable bonds is 3. The van der Waals surface area contributed by atoms with Gasteiger partial charge in [0.05, 0.1) is 6.67 Å². The molecule has 1 aromatic carbocycles. The summed E-state index contributed by atoms with van der Waals surface area (Å²) in [6, 6.07) is 4.07. The molecule has 3 N–H and O–H groups in total. The summed E-state index contributed by atoms with van der Waals surface area (Å²) in [5, 5.41) is 9.86. The molecule has 0 aliphatic carbocycles. The topological polar surface area (TPSA) is 46.2 Å². The number of nitrogens with two attached hydrogens (primary N) is 1. The fourth-order valence-electron chi connectivity index (χ4n) is 1.10. The highest BCUT2D eigenvalue weighted by Crippen LogP contribution is 2.27. The fraction of sp³-hybridized carbons (Fsp3) is 0.333. The summed E-state index contributed by atoms with van der Waals surface area (Å²) in [6.07, 6.45) is 0.188. The van der Waals surface area contributed by atoms with Crippen molar-refractivity contribution in [1.29, 1.82) is 0 Å². The van der Waals surface area contributed by atoms with Gasteiger partial charge in [-0.15, -0.1) is 12.4 Å². The third-order valence-corrected chi connectivity index (χ3v) is 2.04. The summed E-state index contributed by atoms with van der Waals surface area (Å²) in [4.78, 5) is 0. The first-order valence-electron chi connectivity index (χ1n) is 3.95. The van der Waals surface area contributed by atoms with Crippen LogP contribution < -0.4 is 5.73 Å². The van der Waals surface area contributed by atoms with Crippen LogP contribution in [0.5, 0.6) is 5.75 Å². The van der Waals surface area contributed by atoms with Crippen molar-refractivity contribution in [2.24, 2.45) is 5.73 Å². The van der Waals surface area contributed by atoms with E-state index in [1.165, 1.54) is 6.07 Å². The summed E-state index contributed by atoms with van der Waals surface area (Å²) in [5.74, 6) is 0.0605. The minimum atomic E-state index is -0.507. The second-order valence-corrected chi connectivity index (χ2v) is 3.22. The van der Waals surface area contributed by atoms with E-state index in [9.17, 15) is 9.50 Å². The van der Waals surface area contributed by atoms with E-state index in [-0.39, 0.29) is 24.6 Å². The fourth-order valence-corrected chi connectivity index (χ4v) is 1.28. The van der Waals surface area contributed by atoms with Crippen molar-refractivity contribution < 1.29 is 9.50 Å². The minimum absolute atomic E-state index is 0. The molecule has 0 saturated carbocycles. The molecule has 1 rings (SSSR count). The number of aromatic hydroxyl groups is 1. The van der Waals surface area contributed by atoms with E-state index in [0.717, 1.165) is 0 Å². The molecule has 0 fully saturated rings. The van der Waals surface area contributed by atoms with Crippen LogP contribution in [0.25, 0.3) is 0 Å². The number of hydrogen-bond acceptors (Lipinski definition) is 2. The van der Waals surface area contributed by atoms with Crippen molar-refractivity contribution in [2.75, 3.05) is 6.67 Å². The van der Waals surface area contributed by atoms with E-state index in [1.54, 1.807) is 12.1 Å². The molecule has 1 aromatic rings. The highest BCUT2D eigenvalue weighted by molar-refractivity contribution is 6.30. The molecule has 80 valence electrons. The second kappa shape index (κ2) is 6.06. The second-order valence-electron chi connectivity index (χ2n) is 2.79. The molecule has 5 heteroatoms. The van der Waals surface area contributed by atoms with Gasteiger partial charge in [0.1, 0.15) is 5.75 Å². The molecular weight excluding hydrogens is 228 g/mol. The van der Waals surface area contributed by atoms with Crippen LogP contribution in [0.15, 0.2) is 18.2 Å². The molecule has 0 heterocycles. The Hall–Kier alpha value is -0.510. The summed E-state index contributed by atoms with van der Waals surface area (Å²) < 4.78 is 12.0. The number of benzene rings is 1. The Kier molecular flexibility index (Phi) is 5.84. The number of halogens is 3. The highest BCUT2D eigenvalue weighted by atomic mass is 35.5. The average Bonchev–Trinajstić information content (AvgIpc) is 2.09. The molecule has 0 bridgehead atoms. The zero-order chi connectivity index (χ0) is 9.84. The van der Waals surface area contributed by atoms with Crippen molar-refractivity contribution in [3.05, 3.63) is 28.8 Å². The van der Waals surface area contributed by atoms with Gasteiger partial charge in [0, 0.05) is 16.6 Å². The maximum absolute atomic E-state index is 12.0. The van der Waals surface area contributed by atoms with Crippen molar-refractivity contribution >= 4 is 24.0 Å². The lowest BCUT2D eigenvalue weighted by Gasteiger charge is -2.11. The predicted molar refractivity (Wildman–Crippen MR) is 57.9 cm³/mol. The van der Waals surface area contributed by atoms with E-state index in [0.29, 0.717) is 10.6 Å². The van der Waals surface area contributed by atoms with Gasteiger partial charge in [0.15, 0.2) is 0 Å². The molecule has 0 aromatic heterocycles. The Morgan fingerprint density at radius 2 is 2.14 bits per heavy atom. The van der Waals surface area contributed by atoms with Crippen LogP contribution in [0.4, 0.5) is 4.39 Å². The van der Waals surface area contributed by atoms with E-state index >= 15 is 0 Å². The van der Waals surface area contributed by atoms with Crippen LogP contribution in [0.3, 0.4) is 0 Å². The first kappa shape index (κ1) is 13.5. The standard InChI is InChI=1S/C9H11ClFNO.ClH/c10-6-1-2-9(13)7(5-6)8(12)3-4-11;/h1-2,5,8,13H,3-4,12H2;1H/t8-;/m0./s1. The van der Waals surface area contributed by atoms with Crippen LogP contribution in [0, 0.1) is 0 Å². The summed E-state index contributed by atoms with van der Waals surface area (Å²) in [6.45, 7) is -0.507. The minimum Gasteiger partial charge on any atom is -0.508 e. The van der Waals surface area contributed by atoms with Crippen LogP contribution >= 0.6 is 24.0 Å². The van der Waals surface area contributed by atoms with Crippen molar-refractivity contribution in [3.8, 4) is 5.75 Å². The summed E-state index contributed by atoms with van der Waals surface area (Å²) in [5.41, 5.74) is 6.11. The number of phenols is 1. The number of phenolic OH excluding ortho intramolecular Hbond substituents is 1. The molecular formula is C9H12Cl2FNO. The number of hydrogen-bond donors (Lipinski definition) is 2. The zero-order valence-electron chi connectivity index (χ0n) is 7.41. The largest absolute Gasteiger partial charge is 0.508 e. The molecule has 0 aliphatic heterocycles. The lowest BCUT2D eigenvalue weighted by molar-refractivity contribution is 0.424. The van der Waals surface area contributed by atoms with Crippen LogP contribution in [0.2, 0.25) is 5.02 Å². The molecule has 0 spiro atoms. The maximum atomic E-state index is 12.0. The molecule has 0 radical (unpaired) electrons. The smallest absolute Gasteiger partial charge is 0.120 e. The van der Waals surface area contributed by atoms with Gasteiger partial charge in [-0.05, 0) is 24.6 Å². The number of alkyl halides is 1. The Morgan fingerprint density at radius 3 is 2.71 bits per heavy atom. The third-order valence-electron chi connectivity index (χ3n) is 1.81. The van der Waals surface area contributed by atoms with Gasteiger partial charge in [-0.1, -0.05) is 11.6 Å². The van der Waals surface area contributed by atoms with Gasteiger partial charge in [0.2, 0.25) is 0 Å². The predicted octanol–water partition coefficient (Wildman–Crippen LogP) is 2.83. The van der Waals surface area contributed by atoms with Crippen molar-refractivity contribution in [2.45, 2.75) is 12.5 Å². The normalized spacial score (nSPS) is 11.9. The van der Waals surface area contributed by atoms with Crippen LogP contribution in [-0.4, -0.2) is 11.8 Å². The molecule has 14 heavy (non-hydrogen) atoms. The van der Waals surface area contributed by atoms with Gasteiger partial charge >= 0.3 is 0 Å². The molecule has 0 unspecified atom stereocenters. The van der Waals surface area contributed by atoms with Gasteiger partial charge in [-0.3, -0.25) is 4.39 Å². The van der Waals surface area contributed by atoms with Gasteiger partial charge in [-0.2, -0.15) is 0 Å². The lowest BCUT2D eigenvalue weighted by atomic mass is 10.0. The first-order valence-corrected chi connectivity index (χ1v) is 4.33. The van der Waals surface area contributed by atoms with E-state index in [4.69, 9.17) is 17.3 Å². The summed E-state index contributed by atoms with van der Waals surface area (Å²) in [7, 11) is 0. The summed E-state index contributed by atoms with van der Waals surface area (Å²) >= 11 is 5.70. The first-order chi connectivity index (χ1) is 6.15. The quantitative estimate of drug-likeness (QED) is 0.853. The van der Waals surface area contributed by atoms with E-state index in [2.05, 4.69) is 0 Å². The Labute approximate surface area is 93.3 Å². The SMILES string of the molecule is Cl.N[C@@H](CCF)c1cc(Cl)ccc1O. The van der Waals surface area contributed by atoms with Crippen LogP contribution in [-0.2, 0) is 0 Å². The average molecular weight is 240 g/mol. The molecule has 0 saturated heterocycles. The van der Waals surface area contributed by atoms with Crippen LogP contribution in [0.1, 0.15) is 18.0 Å². The Bertz CT molecular complexity index is 296. The molecule has 0 aliphatic rings. The lowest BCUT2D eigenvalue weighted by Crippen LogP contribution is -2.11. The van der Waals surface area contributed by atoms with Crippen molar-refractivity contribution in [1.82, 2.24) is 0 Å². The molecule has 0 amide bonds. The van der Waals surface area contributed by atoms with E-state index < -0.39 is 12.7 Å². The van der Waals surface area contributed by atoms with Gasteiger partial charge in [0.25, 0.3) is 0 Å². The molecule has 1 atom stereocenters.